The molecule has 3 aromatic rings. The summed E-state index contributed by atoms with van der Waals surface area (Å²) >= 11 is 0. The first-order valence-corrected chi connectivity index (χ1v) is 14.5. The minimum absolute atomic E-state index is 0.0731. The molecule has 0 radical (unpaired) electrons. The number of hydrogen-bond acceptors (Lipinski definition) is 4. The Morgan fingerprint density at radius 2 is 1.82 bits per heavy atom. The molecule has 0 aliphatic heterocycles. The van der Waals surface area contributed by atoms with Crippen molar-refractivity contribution < 1.29 is 14.9 Å². The number of aliphatic hydroxyl groups excluding tert-OH is 1. The lowest BCUT2D eigenvalue weighted by molar-refractivity contribution is -0.0630. The van der Waals surface area contributed by atoms with Crippen molar-refractivity contribution in [3.05, 3.63) is 102 Å². The fourth-order valence-corrected chi connectivity index (χ4v) is 8.46. The largest absolute Gasteiger partial charge is 0.508 e. The van der Waals surface area contributed by atoms with Gasteiger partial charge in [-0.1, -0.05) is 49.4 Å². The van der Waals surface area contributed by atoms with Crippen molar-refractivity contribution in [3.8, 4) is 11.5 Å². The van der Waals surface area contributed by atoms with Gasteiger partial charge in [-0.15, -0.1) is 6.58 Å². The lowest BCUT2D eigenvalue weighted by Crippen LogP contribution is -2.53. The number of phenols is 1. The number of hydrogen-bond donors (Lipinski definition) is 2. The maximum atomic E-state index is 11.3. The second-order valence-corrected chi connectivity index (χ2v) is 12.3. The Bertz CT molecular complexity index is 1320. The minimum atomic E-state index is -0.284. The van der Waals surface area contributed by atoms with Crippen molar-refractivity contribution in [2.24, 2.45) is 16.7 Å². The van der Waals surface area contributed by atoms with Crippen LogP contribution in [0, 0.1) is 16.7 Å². The lowest BCUT2D eigenvalue weighted by Gasteiger charge is -2.60. The Morgan fingerprint density at radius 1 is 1.05 bits per heavy atom. The van der Waals surface area contributed by atoms with Crippen molar-refractivity contribution in [1.29, 1.82) is 0 Å². The molecule has 0 bridgehead atoms. The van der Waals surface area contributed by atoms with E-state index in [9.17, 15) is 10.2 Å². The van der Waals surface area contributed by atoms with Gasteiger partial charge in [-0.3, -0.25) is 0 Å². The summed E-state index contributed by atoms with van der Waals surface area (Å²) in [5, 5.41) is 21.5. The van der Waals surface area contributed by atoms with Crippen LogP contribution in [0.15, 0.2) is 85.5 Å². The first-order valence-electron chi connectivity index (χ1n) is 14.5. The lowest BCUT2D eigenvalue weighted by atomic mass is 9.44. The highest BCUT2D eigenvalue weighted by atomic mass is 16.5. The average molecular weight is 524 g/mol. The number of likely N-dealkylation sites (N-methyl/N-ethyl adjacent to an activating group) is 1. The zero-order valence-electron chi connectivity index (χ0n) is 23.2. The molecule has 2 unspecified atom stereocenters. The van der Waals surface area contributed by atoms with Gasteiger partial charge >= 0.3 is 0 Å². The highest BCUT2D eigenvalue weighted by Gasteiger charge is 2.63. The molecule has 2 fully saturated rings. The fourth-order valence-electron chi connectivity index (χ4n) is 8.46. The standard InChI is InChI=1S/C35H41NO3/c1-4-35-19-18-25-22-27(37)12-15-29(25)33(35)30(23-34(2)31(35)16-17-32(34)38)24-10-13-28(14-11-24)39-21-20-36(3)26-8-6-5-7-9-26/h4-15,22,30-33,37-38H,1,16-21,23H2,2-3H3/t30-,31?,32+,33?,34+,35+/m1/s1. The molecule has 2 saturated carbocycles. The smallest absolute Gasteiger partial charge is 0.119 e. The van der Waals surface area contributed by atoms with Gasteiger partial charge in [0.25, 0.3) is 0 Å². The van der Waals surface area contributed by atoms with Gasteiger partial charge in [0.2, 0.25) is 0 Å². The summed E-state index contributed by atoms with van der Waals surface area (Å²) < 4.78 is 6.14. The summed E-state index contributed by atoms with van der Waals surface area (Å²) in [5.41, 5.74) is 4.86. The SMILES string of the molecule is C=C[C@@]12CCc3cc(O)ccc3C1[C@@H](c1ccc(OCCN(C)c3ccccc3)cc1)C[C@@]1(C)C2CC[C@@H]1O. The van der Waals surface area contributed by atoms with E-state index in [-0.39, 0.29) is 28.8 Å². The first kappa shape index (κ1) is 26.0. The quantitative estimate of drug-likeness (QED) is 0.325. The molecule has 0 amide bonds. The van der Waals surface area contributed by atoms with E-state index < -0.39 is 0 Å². The Kier molecular flexibility index (Phi) is 6.71. The zero-order chi connectivity index (χ0) is 27.2. The van der Waals surface area contributed by atoms with Crippen LogP contribution < -0.4 is 9.64 Å². The summed E-state index contributed by atoms with van der Waals surface area (Å²) in [7, 11) is 2.09. The van der Waals surface area contributed by atoms with Gasteiger partial charge in [0, 0.05) is 18.7 Å². The molecule has 6 rings (SSSR count). The molecule has 3 aliphatic rings. The molecular formula is C35H41NO3. The highest BCUT2D eigenvalue weighted by Crippen LogP contribution is 2.71. The fraction of sp³-hybridized carbons (Fsp3) is 0.429. The Morgan fingerprint density at radius 3 is 2.56 bits per heavy atom. The van der Waals surface area contributed by atoms with E-state index in [1.807, 2.05) is 18.2 Å². The summed E-state index contributed by atoms with van der Waals surface area (Å²) in [5.74, 6) is 2.15. The summed E-state index contributed by atoms with van der Waals surface area (Å²) in [4.78, 5) is 2.20. The van der Waals surface area contributed by atoms with Crippen molar-refractivity contribution in [2.45, 2.75) is 57.0 Å². The van der Waals surface area contributed by atoms with Gasteiger partial charge < -0.3 is 19.8 Å². The minimum Gasteiger partial charge on any atom is -0.508 e. The molecule has 3 aromatic carbocycles. The number of nitrogens with zero attached hydrogens (tertiary/aromatic N) is 1. The topological polar surface area (TPSA) is 52.9 Å². The number of allylic oxidation sites excluding steroid dienone is 1. The van der Waals surface area contributed by atoms with Crippen LogP contribution in [0.4, 0.5) is 5.69 Å². The number of ether oxygens (including phenoxy) is 1. The van der Waals surface area contributed by atoms with Gasteiger partial charge in [-0.25, -0.2) is 0 Å². The van der Waals surface area contributed by atoms with Crippen LogP contribution >= 0.6 is 0 Å². The maximum Gasteiger partial charge on any atom is 0.119 e. The Hall–Kier alpha value is -3.24. The number of para-hydroxylation sites is 1. The second-order valence-electron chi connectivity index (χ2n) is 12.3. The number of phenolic OH excluding ortho intramolecular Hbond substituents is 1. The third-order valence-electron chi connectivity index (χ3n) is 10.4. The number of aliphatic hydroxyl groups is 1. The number of benzene rings is 3. The third-order valence-corrected chi connectivity index (χ3v) is 10.4. The number of fused-ring (bicyclic) bond motifs is 5. The van der Waals surface area contributed by atoms with E-state index in [0.29, 0.717) is 18.3 Å². The molecule has 204 valence electrons. The second kappa shape index (κ2) is 10.1. The van der Waals surface area contributed by atoms with Crippen molar-refractivity contribution in [3.63, 3.8) is 0 Å². The Labute approximate surface area is 233 Å². The van der Waals surface area contributed by atoms with Crippen LogP contribution in [0.3, 0.4) is 0 Å². The summed E-state index contributed by atoms with van der Waals surface area (Å²) in [6, 6.07) is 25.0. The molecule has 4 heteroatoms. The molecule has 6 atom stereocenters. The van der Waals surface area contributed by atoms with Gasteiger partial charge in [0.1, 0.15) is 18.1 Å². The number of aryl methyl sites for hydroxylation is 1. The predicted molar refractivity (Wildman–Crippen MR) is 158 cm³/mol. The summed E-state index contributed by atoms with van der Waals surface area (Å²) in [6.45, 7) is 8.16. The van der Waals surface area contributed by atoms with Crippen LogP contribution in [-0.2, 0) is 6.42 Å². The molecule has 3 aliphatic carbocycles. The van der Waals surface area contributed by atoms with Gasteiger partial charge in [0.15, 0.2) is 0 Å². The molecule has 39 heavy (non-hydrogen) atoms. The number of rotatable bonds is 7. The van der Waals surface area contributed by atoms with E-state index in [1.54, 1.807) is 0 Å². The van der Waals surface area contributed by atoms with Gasteiger partial charge in [-0.05, 0) is 108 Å². The highest BCUT2D eigenvalue weighted by molar-refractivity contribution is 5.47. The van der Waals surface area contributed by atoms with E-state index in [1.165, 1.54) is 22.4 Å². The molecule has 4 nitrogen and oxygen atoms in total. The molecule has 2 N–H and O–H groups in total. The molecule has 0 aromatic heterocycles. The maximum absolute atomic E-state index is 11.3. The third kappa shape index (κ3) is 4.34. The molecule has 0 saturated heterocycles. The molecule has 0 spiro atoms. The van der Waals surface area contributed by atoms with E-state index in [4.69, 9.17) is 4.74 Å². The number of aromatic hydroxyl groups is 1. The first-order chi connectivity index (χ1) is 18.9. The van der Waals surface area contributed by atoms with E-state index in [2.05, 4.69) is 86.1 Å². The van der Waals surface area contributed by atoms with Crippen molar-refractivity contribution in [1.82, 2.24) is 0 Å². The molecular weight excluding hydrogens is 482 g/mol. The van der Waals surface area contributed by atoms with Gasteiger partial charge in [0.05, 0.1) is 12.6 Å². The van der Waals surface area contributed by atoms with Crippen LogP contribution in [0.1, 0.15) is 61.1 Å². The zero-order valence-corrected chi connectivity index (χ0v) is 23.2. The van der Waals surface area contributed by atoms with E-state index in [0.717, 1.165) is 44.4 Å². The van der Waals surface area contributed by atoms with Crippen LogP contribution in [0.5, 0.6) is 11.5 Å². The summed E-state index contributed by atoms with van der Waals surface area (Å²) in [6.07, 6.45) is 6.76. The van der Waals surface area contributed by atoms with Crippen LogP contribution in [-0.4, -0.2) is 36.5 Å². The van der Waals surface area contributed by atoms with E-state index >= 15 is 0 Å². The van der Waals surface area contributed by atoms with Crippen LogP contribution in [0.2, 0.25) is 0 Å². The van der Waals surface area contributed by atoms with Gasteiger partial charge in [-0.2, -0.15) is 0 Å². The monoisotopic (exact) mass is 523 g/mol. The van der Waals surface area contributed by atoms with Crippen molar-refractivity contribution >= 4 is 5.69 Å². The average Bonchev–Trinajstić information content (AvgIpc) is 3.27. The number of anilines is 1. The van der Waals surface area contributed by atoms with Crippen LogP contribution in [0.25, 0.3) is 0 Å². The Balaban J connectivity index is 1.28. The molecule has 0 heterocycles. The van der Waals surface area contributed by atoms with Crippen molar-refractivity contribution in [2.75, 3.05) is 25.1 Å². The normalized spacial score (nSPS) is 31.1. The predicted octanol–water partition coefficient (Wildman–Crippen LogP) is 7.07.